The van der Waals surface area contributed by atoms with Crippen molar-refractivity contribution in [2.75, 3.05) is 6.61 Å². The lowest BCUT2D eigenvalue weighted by Crippen LogP contribution is -2.12. The van der Waals surface area contributed by atoms with Gasteiger partial charge in [0.2, 0.25) is 0 Å². The molecule has 0 amide bonds. The number of allylic oxidation sites excluding steroid dienone is 2. The number of hydrogen-bond acceptors (Lipinski definition) is 2. The van der Waals surface area contributed by atoms with Gasteiger partial charge >= 0.3 is 0 Å². The van der Waals surface area contributed by atoms with Gasteiger partial charge in [-0.25, -0.2) is 0 Å². The minimum atomic E-state index is 0.209. The van der Waals surface area contributed by atoms with Crippen LogP contribution in [0.5, 0.6) is 0 Å². The van der Waals surface area contributed by atoms with Crippen molar-refractivity contribution in [2.24, 2.45) is 0 Å². The van der Waals surface area contributed by atoms with Crippen LogP contribution in [0.1, 0.15) is 33.6 Å². The molecule has 2 atom stereocenters. The normalized spacial score (nSPS) is 33.2. The monoisotopic (exact) mass is 169 g/mol. The highest BCUT2D eigenvalue weighted by molar-refractivity contribution is 5.11. The average molecular weight is 169 g/mol. The van der Waals surface area contributed by atoms with Crippen LogP contribution in [0.15, 0.2) is 11.6 Å². The third-order valence-corrected chi connectivity index (χ3v) is 2.59. The lowest BCUT2D eigenvalue weighted by atomic mass is 10.0. The van der Waals surface area contributed by atoms with E-state index < -0.39 is 0 Å². The Morgan fingerprint density at radius 3 is 2.67 bits per heavy atom. The minimum Gasteiger partial charge on any atom is -0.395 e. The molecule has 1 rings (SSSR count). The molecule has 0 aliphatic carbocycles. The van der Waals surface area contributed by atoms with Crippen molar-refractivity contribution >= 4 is 0 Å². The molecule has 0 bridgehead atoms. The van der Waals surface area contributed by atoms with Gasteiger partial charge in [0.25, 0.3) is 0 Å². The van der Waals surface area contributed by atoms with Gasteiger partial charge in [-0.3, -0.25) is 0 Å². The van der Waals surface area contributed by atoms with E-state index in [0.717, 1.165) is 12.8 Å². The molecule has 1 aliphatic heterocycles. The Balaban J connectivity index is 2.21. The average Bonchev–Trinajstić information content (AvgIpc) is 2.61. The standard InChI is InChI=1S/C10H19NO/c1-8(2)5-4-6-10(3)9(7-12)11-10/h5,9,11-12H,4,6-7H2,1-3H3/t9-,10+/m1/s1. The first-order chi connectivity index (χ1) is 5.58. The minimum absolute atomic E-state index is 0.209. The molecule has 1 heterocycles. The van der Waals surface area contributed by atoms with E-state index in [2.05, 4.69) is 32.2 Å². The van der Waals surface area contributed by atoms with Gasteiger partial charge < -0.3 is 10.4 Å². The Morgan fingerprint density at radius 1 is 1.58 bits per heavy atom. The fourth-order valence-electron chi connectivity index (χ4n) is 1.51. The first-order valence-corrected chi connectivity index (χ1v) is 4.60. The summed E-state index contributed by atoms with van der Waals surface area (Å²) in [5.74, 6) is 0. The van der Waals surface area contributed by atoms with Gasteiger partial charge in [0.15, 0.2) is 0 Å². The molecule has 1 aliphatic rings. The highest BCUT2D eigenvalue weighted by atomic mass is 16.3. The number of hydrogen-bond donors (Lipinski definition) is 2. The Morgan fingerprint density at radius 2 is 2.25 bits per heavy atom. The topological polar surface area (TPSA) is 42.2 Å². The van der Waals surface area contributed by atoms with E-state index in [0.29, 0.717) is 6.04 Å². The van der Waals surface area contributed by atoms with Gasteiger partial charge in [0.05, 0.1) is 6.61 Å². The van der Waals surface area contributed by atoms with Gasteiger partial charge in [-0.05, 0) is 33.6 Å². The molecule has 0 saturated carbocycles. The summed E-state index contributed by atoms with van der Waals surface area (Å²) in [6, 6.07) is 0.336. The zero-order valence-corrected chi connectivity index (χ0v) is 8.22. The number of aliphatic hydroxyl groups excluding tert-OH is 1. The highest BCUT2D eigenvalue weighted by Crippen LogP contribution is 2.30. The second-order valence-electron chi connectivity index (χ2n) is 4.12. The van der Waals surface area contributed by atoms with E-state index in [-0.39, 0.29) is 12.1 Å². The Bertz CT molecular complexity index is 184. The zero-order valence-electron chi connectivity index (χ0n) is 8.22. The van der Waals surface area contributed by atoms with Crippen molar-refractivity contribution in [2.45, 2.75) is 45.2 Å². The van der Waals surface area contributed by atoms with Crippen LogP contribution in [-0.4, -0.2) is 23.3 Å². The maximum absolute atomic E-state index is 8.87. The number of nitrogens with one attached hydrogen (secondary N) is 1. The van der Waals surface area contributed by atoms with Gasteiger partial charge in [0, 0.05) is 11.6 Å². The fourth-order valence-corrected chi connectivity index (χ4v) is 1.51. The molecule has 0 unspecified atom stereocenters. The second-order valence-corrected chi connectivity index (χ2v) is 4.12. The van der Waals surface area contributed by atoms with Crippen LogP contribution in [0, 0.1) is 0 Å². The molecule has 1 fully saturated rings. The van der Waals surface area contributed by atoms with Crippen LogP contribution < -0.4 is 5.32 Å². The molecule has 12 heavy (non-hydrogen) atoms. The predicted octanol–water partition coefficient (Wildman–Crippen LogP) is 1.46. The van der Waals surface area contributed by atoms with Gasteiger partial charge in [-0.2, -0.15) is 0 Å². The summed E-state index contributed by atoms with van der Waals surface area (Å²) < 4.78 is 0. The third-order valence-electron chi connectivity index (χ3n) is 2.59. The maximum atomic E-state index is 8.87. The number of rotatable bonds is 4. The quantitative estimate of drug-likeness (QED) is 0.494. The van der Waals surface area contributed by atoms with Crippen LogP contribution in [0.2, 0.25) is 0 Å². The van der Waals surface area contributed by atoms with Crippen molar-refractivity contribution in [3.05, 3.63) is 11.6 Å². The third kappa shape index (κ3) is 2.32. The summed E-state index contributed by atoms with van der Waals surface area (Å²) in [6.45, 7) is 6.68. The van der Waals surface area contributed by atoms with Crippen molar-refractivity contribution in [3.63, 3.8) is 0 Å². The van der Waals surface area contributed by atoms with Crippen molar-refractivity contribution in [1.29, 1.82) is 0 Å². The summed E-state index contributed by atoms with van der Waals surface area (Å²) in [4.78, 5) is 0. The number of aliphatic hydroxyl groups is 1. The van der Waals surface area contributed by atoms with Crippen LogP contribution in [0.4, 0.5) is 0 Å². The van der Waals surface area contributed by atoms with Gasteiger partial charge in [0.1, 0.15) is 0 Å². The molecule has 2 N–H and O–H groups in total. The summed E-state index contributed by atoms with van der Waals surface area (Å²) in [5.41, 5.74) is 1.58. The smallest absolute Gasteiger partial charge is 0.0602 e. The zero-order chi connectivity index (χ0) is 9.19. The maximum Gasteiger partial charge on any atom is 0.0602 e. The highest BCUT2D eigenvalue weighted by Gasteiger charge is 2.47. The first-order valence-electron chi connectivity index (χ1n) is 4.60. The van der Waals surface area contributed by atoms with Crippen molar-refractivity contribution in [3.8, 4) is 0 Å². The van der Waals surface area contributed by atoms with Gasteiger partial charge in [-0.15, -0.1) is 0 Å². The van der Waals surface area contributed by atoms with Crippen LogP contribution in [0.25, 0.3) is 0 Å². The molecule has 0 aromatic carbocycles. The Hall–Kier alpha value is -0.340. The molecular weight excluding hydrogens is 150 g/mol. The molecule has 2 nitrogen and oxygen atoms in total. The second kappa shape index (κ2) is 3.58. The molecular formula is C10H19NO. The molecule has 70 valence electrons. The SMILES string of the molecule is CC(C)=CCC[C@]1(C)N[C@@H]1CO. The Kier molecular flexibility index (Phi) is 2.91. The van der Waals surface area contributed by atoms with E-state index in [9.17, 15) is 0 Å². The fraction of sp³-hybridized carbons (Fsp3) is 0.800. The summed E-state index contributed by atoms with van der Waals surface area (Å²) in [6.07, 6.45) is 4.49. The molecule has 1 saturated heterocycles. The summed E-state index contributed by atoms with van der Waals surface area (Å²) in [7, 11) is 0. The largest absolute Gasteiger partial charge is 0.395 e. The lowest BCUT2D eigenvalue weighted by molar-refractivity contribution is 0.288. The Labute approximate surface area is 74.7 Å². The van der Waals surface area contributed by atoms with Crippen molar-refractivity contribution < 1.29 is 5.11 Å². The van der Waals surface area contributed by atoms with Crippen LogP contribution in [-0.2, 0) is 0 Å². The van der Waals surface area contributed by atoms with E-state index in [1.54, 1.807) is 0 Å². The molecule has 0 radical (unpaired) electrons. The van der Waals surface area contributed by atoms with E-state index in [4.69, 9.17) is 5.11 Å². The predicted molar refractivity (Wildman–Crippen MR) is 51.1 cm³/mol. The summed E-state index contributed by atoms with van der Waals surface area (Å²) in [5, 5.41) is 12.2. The van der Waals surface area contributed by atoms with E-state index in [1.807, 2.05) is 0 Å². The molecule has 0 aromatic heterocycles. The van der Waals surface area contributed by atoms with Gasteiger partial charge in [-0.1, -0.05) is 11.6 Å². The van der Waals surface area contributed by atoms with Crippen LogP contribution >= 0.6 is 0 Å². The van der Waals surface area contributed by atoms with E-state index in [1.165, 1.54) is 5.57 Å². The first kappa shape index (κ1) is 9.75. The molecule has 0 spiro atoms. The molecule has 0 aromatic rings. The molecule has 2 heteroatoms. The van der Waals surface area contributed by atoms with Crippen molar-refractivity contribution in [1.82, 2.24) is 5.32 Å². The summed E-state index contributed by atoms with van der Waals surface area (Å²) >= 11 is 0. The lowest BCUT2D eigenvalue weighted by Gasteiger charge is -2.05. The van der Waals surface area contributed by atoms with Crippen LogP contribution in [0.3, 0.4) is 0 Å². The van der Waals surface area contributed by atoms with E-state index >= 15 is 0 Å².